The lowest BCUT2D eigenvalue weighted by Crippen LogP contribution is -2.48. The lowest BCUT2D eigenvalue weighted by Gasteiger charge is -2.57. The van der Waals surface area contributed by atoms with E-state index in [1.807, 2.05) is 19.1 Å². The largest absolute Gasteiger partial charge is 0.324 e. The Bertz CT molecular complexity index is 1130. The highest BCUT2D eigenvalue weighted by atomic mass is 35.5. The number of nitrogens with zero attached hydrogens (tertiary/aromatic N) is 1. The molecular weight excluding hydrogens is 468 g/mol. The molecule has 4 bridgehead atoms. The van der Waals surface area contributed by atoms with Crippen LogP contribution in [0.25, 0.3) is 0 Å². The van der Waals surface area contributed by atoms with Gasteiger partial charge >= 0.3 is 0 Å². The fraction of sp³-hybridized carbons (Fsp3) is 0.519. The molecule has 2 aromatic carbocycles. The Balaban J connectivity index is 1.34. The lowest BCUT2D eigenvalue weighted by molar-refractivity contribution is -0.117. The van der Waals surface area contributed by atoms with Crippen molar-refractivity contribution in [1.82, 2.24) is 0 Å². The lowest BCUT2D eigenvalue weighted by atomic mass is 9.48. The van der Waals surface area contributed by atoms with Crippen molar-refractivity contribution in [3.8, 4) is 0 Å². The van der Waals surface area contributed by atoms with Crippen molar-refractivity contribution in [2.45, 2.75) is 63.3 Å². The molecule has 1 atom stereocenters. The summed E-state index contributed by atoms with van der Waals surface area (Å²) in [5, 5.41) is 3.46. The Kier molecular flexibility index (Phi) is 6.18. The van der Waals surface area contributed by atoms with Crippen LogP contribution in [0.5, 0.6) is 0 Å². The van der Waals surface area contributed by atoms with Gasteiger partial charge in [-0.05, 0) is 110 Å². The maximum Gasteiger partial charge on any atom is 0.248 e. The summed E-state index contributed by atoms with van der Waals surface area (Å²) in [5.74, 6) is 2.30. The van der Waals surface area contributed by atoms with E-state index >= 15 is 0 Å². The van der Waals surface area contributed by atoms with Crippen LogP contribution >= 0.6 is 11.6 Å². The van der Waals surface area contributed by atoms with Gasteiger partial charge in [0.15, 0.2) is 0 Å². The van der Waals surface area contributed by atoms with Crippen molar-refractivity contribution < 1.29 is 13.2 Å². The standard InChI is InChI=1S/C27H33ClN2O3S/c1-3-25(30(34(2,32)33)24-10-6-22(28)7-11-24)26(31)29-23-8-4-21(5-9-23)27-15-18-12-19(16-27)14-20(13-18)17-27/h4-11,18-20,25H,3,12-17H2,1-2H3,(H,29,31)/t18?,19?,20?,25-,27?/m0/s1. The minimum absolute atomic E-state index is 0.310. The molecule has 1 N–H and O–H groups in total. The van der Waals surface area contributed by atoms with Gasteiger partial charge in [0.2, 0.25) is 15.9 Å². The quantitative estimate of drug-likeness (QED) is 0.507. The Hall–Kier alpha value is -2.05. The zero-order chi connectivity index (χ0) is 24.1. The van der Waals surface area contributed by atoms with Crippen molar-refractivity contribution in [2.75, 3.05) is 15.9 Å². The van der Waals surface area contributed by atoms with Crippen molar-refractivity contribution in [3.63, 3.8) is 0 Å². The molecule has 4 fully saturated rings. The van der Waals surface area contributed by atoms with Gasteiger partial charge in [0, 0.05) is 10.7 Å². The maximum absolute atomic E-state index is 13.2. The van der Waals surface area contributed by atoms with Crippen molar-refractivity contribution in [2.24, 2.45) is 17.8 Å². The van der Waals surface area contributed by atoms with Gasteiger partial charge in [-0.3, -0.25) is 9.10 Å². The Labute approximate surface area is 207 Å². The summed E-state index contributed by atoms with van der Waals surface area (Å²) in [5.41, 5.74) is 2.83. The number of anilines is 2. The van der Waals surface area contributed by atoms with Crippen LogP contribution in [0.1, 0.15) is 57.4 Å². The van der Waals surface area contributed by atoms with Gasteiger partial charge in [-0.1, -0.05) is 30.7 Å². The summed E-state index contributed by atoms with van der Waals surface area (Å²) in [7, 11) is -3.68. The molecule has 4 saturated carbocycles. The predicted octanol–water partition coefficient (Wildman–Crippen LogP) is 5.99. The number of hydrogen-bond acceptors (Lipinski definition) is 3. The highest BCUT2D eigenvalue weighted by Gasteiger charge is 2.51. The van der Waals surface area contributed by atoms with E-state index in [0.29, 0.717) is 28.2 Å². The second-order valence-electron chi connectivity index (χ2n) is 10.7. The molecule has 0 aliphatic heterocycles. The van der Waals surface area contributed by atoms with Crippen LogP contribution in [0, 0.1) is 17.8 Å². The first-order chi connectivity index (χ1) is 16.2. The van der Waals surface area contributed by atoms with Crippen LogP contribution in [-0.4, -0.2) is 26.6 Å². The third kappa shape index (κ3) is 4.47. The molecule has 0 heterocycles. The first kappa shape index (κ1) is 23.7. The molecule has 7 heteroatoms. The minimum atomic E-state index is -3.68. The summed E-state index contributed by atoms with van der Waals surface area (Å²) in [6.07, 6.45) is 9.60. The third-order valence-electron chi connectivity index (χ3n) is 8.21. The first-order valence-electron chi connectivity index (χ1n) is 12.3. The number of carbonyl (C=O) groups excluding carboxylic acids is 1. The van der Waals surface area contributed by atoms with E-state index in [9.17, 15) is 13.2 Å². The van der Waals surface area contributed by atoms with Crippen molar-refractivity contribution in [3.05, 3.63) is 59.1 Å². The molecule has 4 aliphatic rings. The summed E-state index contributed by atoms with van der Waals surface area (Å²) in [6.45, 7) is 1.81. The highest BCUT2D eigenvalue weighted by molar-refractivity contribution is 7.92. The molecule has 0 spiro atoms. The summed E-state index contributed by atoms with van der Waals surface area (Å²) >= 11 is 5.98. The van der Waals surface area contributed by atoms with E-state index in [0.717, 1.165) is 24.0 Å². The SMILES string of the molecule is CC[C@@H](C(=O)Nc1ccc(C23CC4CC(CC(C4)C2)C3)cc1)N(c1ccc(Cl)cc1)S(C)(=O)=O. The highest BCUT2D eigenvalue weighted by Crippen LogP contribution is 2.60. The molecule has 182 valence electrons. The Morgan fingerprint density at radius 3 is 2.00 bits per heavy atom. The second kappa shape index (κ2) is 8.87. The third-order valence-corrected chi connectivity index (χ3v) is 9.65. The van der Waals surface area contributed by atoms with Crippen LogP contribution in [0.15, 0.2) is 48.5 Å². The van der Waals surface area contributed by atoms with E-state index in [4.69, 9.17) is 11.6 Å². The summed E-state index contributed by atoms with van der Waals surface area (Å²) in [6, 6.07) is 14.0. The zero-order valence-electron chi connectivity index (χ0n) is 19.8. The Morgan fingerprint density at radius 2 is 1.53 bits per heavy atom. The van der Waals surface area contributed by atoms with Gasteiger partial charge in [0.25, 0.3) is 0 Å². The number of sulfonamides is 1. The molecule has 0 saturated heterocycles. The fourth-order valence-corrected chi connectivity index (χ4v) is 8.58. The van der Waals surface area contributed by atoms with Gasteiger partial charge in [-0.15, -0.1) is 0 Å². The van der Waals surface area contributed by atoms with Crippen LogP contribution in [0.3, 0.4) is 0 Å². The maximum atomic E-state index is 13.2. The van der Waals surface area contributed by atoms with Gasteiger partial charge < -0.3 is 5.32 Å². The molecular formula is C27H33ClN2O3S. The van der Waals surface area contributed by atoms with Gasteiger partial charge in [0.1, 0.15) is 6.04 Å². The molecule has 1 amide bonds. The molecule has 34 heavy (non-hydrogen) atoms. The van der Waals surface area contributed by atoms with E-state index in [2.05, 4.69) is 17.4 Å². The average molecular weight is 501 g/mol. The van der Waals surface area contributed by atoms with Crippen LogP contribution < -0.4 is 9.62 Å². The topological polar surface area (TPSA) is 66.5 Å². The minimum Gasteiger partial charge on any atom is -0.324 e. The number of benzene rings is 2. The molecule has 0 aromatic heterocycles. The fourth-order valence-electron chi connectivity index (χ4n) is 7.25. The van der Waals surface area contributed by atoms with E-state index < -0.39 is 16.1 Å². The smallest absolute Gasteiger partial charge is 0.248 e. The number of rotatable bonds is 7. The molecule has 5 nitrogen and oxygen atoms in total. The van der Waals surface area contributed by atoms with Crippen LogP contribution in [-0.2, 0) is 20.2 Å². The number of amides is 1. The molecule has 0 radical (unpaired) electrons. The van der Waals surface area contributed by atoms with E-state index in [1.165, 1.54) is 48.4 Å². The number of hydrogen-bond donors (Lipinski definition) is 1. The van der Waals surface area contributed by atoms with Crippen molar-refractivity contribution >= 4 is 38.9 Å². The Morgan fingerprint density at radius 1 is 1.00 bits per heavy atom. The molecule has 4 aliphatic carbocycles. The zero-order valence-corrected chi connectivity index (χ0v) is 21.4. The van der Waals surface area contributed by atoms with Crippen LogP contribution in [0.2, 0.25) is 5.02 Å². The van der Waals surface area contributed by atoms with Crippen molar-refractivity contribution in [1.29, 1.82) is 0 Å². The number of halogens is 1. The summed E-state index contributed by atoms with van der Waals surface area (Å²) < 4.78 is 26.5. The molecule has 2 aromatic rings. The normalized spacial score (nSPS) is 28.5. The summed E-state index contributed by atoms with van der Waals surface area (Å²) in [4.78, 5) is 13.2. The van der Waals surface area contributed by atoms with Gasteiger partial charge in [-0.25, -0.2) is 8.42 Å². The number of carbonyl (C=O) groups is 1. The average Bonchev–Trinajstić information content (AvgIpc) is 2.77. The van der Waals surface area contributed by atoms with Gasteiger partial charge in [0.05, 0.1) is 11.9 Å². The van der Waals surface area contributed by atoms with Gasteiger partial charge in [-0.2, -0.15) is 0 Å². The van der Waals surface area contributed by atoms with Crippen LogP contribution in [0.4, 0.5) is 11.4 Å². The number of nitrogens with one attached hydrogen (secondary N) is 1. The second-order valence-corrected chi connectivity index (χ2v) is 13.0. The van der Waals surface area contributed by atoms with E-state index in [1.54, 1.807) is 24.3 Å². The monoisotopic (exact) mass is 500 g/mol. The van der Waals surface area contributed by atoms with E-state index in [-0.39, 0.29) is 5.91 Å². The molecule has 6 rings (SSSR count). The molecule has 0 unspecified atom stereocenters. The predicted molar refractivity (Wildman–Crippen MR) is 138 cm³/mol. The first-order valence-corrected chi connectivity index (χ1v) is 14.6.